The molecule has 4 heteroatoms. The van der Waals surface area contributed by atoms with Crippen molar-refractivity contribution >= 4 is 8.32 Å². The van der Waals surface area contributed by atoms with Gasteiger partial charge in [-0.3, -0.25) is 4.90 Å². The van der Waals surface area contributed by atoms with Crippen molar-refractivity contribution in [3.05, 3.63) is 83.9 Å². The molecule has 180 valence electrons. The number of benzene rings is 2. The lowest BCUT2D eigenvalue weighted by atomic mass is 9.94. The standard InChI is InChI=1S/C29H43NO2Si/c1-23(2)29(3,4)33(5,6)32-22-27(24-15-9-7-10-16-24)30-20-14-13-19-26(30)21-28(31)25-17-11-8-12-18-25/h7-18,23,26-28,31H,19-22H2,1-6H3/t26-,27+,28-/m0/s1. The molecule has 0 saturated carbocycles. The summed E-state index contributed by atoms with van der Waals surface area (Å²) in [5.74, 6) is 0.570. The van der Waals surface area contributed by atoms with Gasteiger partial charge >= 0.3 is 0 Å². The van der Waals surface area contributed by atoms with Crippen molar-refractivity contribution < 1.29 is 9.53 Å². The fourth-order valence-corrected chi connectivity index (χ4v) is 6.98. The highest BCUT2D eigenvalue weighted by Gasteiger charge is 2.44. The molecular formula is C29H43NO2Si. The van der Waals surface area contributed by atoms with Crippen molar-refractivity contribution in [1.82, 2.24) is 4.90 Å². The molecular weight excluding hydrogens is 422 g/mol. The van der Waals surface area contributed by atoms with Crippen LogP contribution in [-0.2, 0) is 4.43 Å². The molecule has 0 amide bonds. The molecule has 2 aromatic rings. The van der Waals surface area contributed by atoms with Gasteiger partial charge in [-0.25, -0.2) is 0 Å². The van der Waals surface area contributed by atoms with Gasteiger partial charge in [0.25, 0.3) is 0 Å². The van der Waals surface area contributed by atoms with Crippen molar-refractivity contribution in [3.8, 4) is 0 Å². The van der Waals surface area contributed by atoms with Crippen LogP contribution in [0.25, 0.3) is 0 Å². The topological polar surface area (TPSA) is 32.7 Å². The summed E-state index contributed by atoms with van der Waals surface area (Å²) < 4.78 is 6.87. The minimum atomic E-state index is -1.95. The maximum absolute atomic E-state index is 11.0. The Hall–Kier alpha value is -1.72. The van der Waals surface area contributed by atoms with Crippen LogP contribution in [-0.4, -0.2) is 37.5 Å². The second-order valence-corrected chi connectivity index (χ2v) is 15.4. The summed E-state index contributed by atoms with van der Waals surface area (Å²) in [4.78, 5) is 2.55. The molecule has 0 bridgehead atoms. The summed E-state index contributed by atoms with van der Waals surface area (Å²) in [5, 5.41) is 11.2. The van der Waals surface area contributed by atoms with E-state index in [2.05, 4.69) is 88.2 Å². The third kappa shape index (κ3) is 6.24. The second-order valence-electron chi connectivity index (χ2n) is 10.8. The molecule has 1 aliphatic heterocycles. The van der Waals surface area contributed by atoms with Gasteiger partial charge in [-0.05, 0) is 48.0 Å². The van der Waals surface area contributed by atoms with Crippen molar-refractivity contribution in [3.63, 3.8) is 0 Å². The highest BCUT2D eigenvalue weighted by atomic mass is 28.4. The minimum absolute atomic E-state index is 0.166. The van der Waals surface area contributed by atoms with E-state index in [0.29, 0.717) is 12.5 Å². The zero-order valence-corrected chi connectivity index (χ0v) is 22.4. The van der Waals surface area contributed by atoms with Crippen LogP contribution in [0.4, 0.5) is 0 Å². The molecule has 0 aliphatic carbocycles. The zero-order chi connectivity index (χ0) is 24.1. The molecule has 0 spiro atoms. The minimum Gasteiger partial charge on any atom is -0.415 e. The molecule has 1 aliphatic rings. The van der Waals surface area contributed by atoms with Crippen molar-refractivity contribution in [2.45, 2.75) is 76.9 Å². The largest absolute Gasteiger partial charge is 0.415 e. The predicted octanol–water partition coefficient (Wildman–Crippen LogP) is 7.14. The van der Waals surface area contributed by atoms with E-state index in [1.165, 1.54) is 5.56 Å². The Morgan fingerprint density at radius 1 is 0.970 bits per heavy atom. The summed E-state index contributed by atoms with van der Waals surface area (Å²) in [6.07, 6.45) is 5.74. The number of rotatable bonds is 10. The van der Waals surface area contributed by atoms with E-state index in [9.17, 15) is 5.11 Å². The number of hydrogen-bond acceptors (Lipinski definition) is 3. The molecule has 1 heterocycles. The van der Waals surface area contributed by atoms with Crippen molar-refractivity contribution in [2.24, 2.45) is 5.92 Å². The first kappa shape index (κ1) is 25.9. The van der Waals surface area contributed by atoms with Crippen LogP contribution in [0.15, 0.2) is 72.8 Å². The lowest BCUT2D eigenvalue weighted by molar-refractivity contribution is 0.0548. The quantitative estimate of drug-likeness (QED) is 0.299. The van der Waals surface area contributed by atoms with Crippen LogP contribution >= 0.6 is 0 Å². The summed E-state index contributed by atoms with van der Waals surface area (Å²) >= 11 is 0. The molecule has 0 fully saturated rings. The van der Waals surface area contributed by atoms with E-state index in [1.807, 2.05) is 30.3 Å². The average Bonchev–Trinajstić information content (AvgIpc) is 2.81. The smallest absolute Gasteiger partial charge is 0.192 e. The first-order chi connectivity index (χ1) is 15.6. The number of aliphatic hydroxyl groups is 1. The van der Waals surface area contributed by atoms with Crippen LogP contribution in [0, 0.1) is 5.92 Å². The van der Waals surface area contributed by atoms with Crippen molar-refractivity contribution in [2.75, 3.05) is 13.2 Å². The van der Waals surface area contributed by atoms with Gasteiger partial charge in [-0.1, -0.05) is 101 Å². The second kappa shape index (κ2) is 11.1. The van der Waals surface area contributed by atoms with E-state index in [0.717, 1.165) is 24.9 Å². The van der Waals surface area contributed by atoms with Gasteiger partial charge in [0.2, 0.25) is 0 Å². The van der Waals surface area contributed by atoms with Gasteiger partial charge in [0.15, 0.2) is 8.32 Å². The maximum atomic E-state index is 11.0. The molecule has 3 rings (SSSR count). The predicted molar refractivity (Wildman–Crippen MR) is 142 cm³/mol. The van der Waals surface area contributed by atoms with E-state index < -0.39 is 14.4 Å². The molecule has 3 atom stereocenters. The Balaban J connectivity index is 1.84. The molecule has 0 unspecified atom stereocenters. The van der Waals surface area contributed by atoms with Crippen molar-refractivity contribution in [1.29, 1.82) is 0 Å². The van der Waals surface area contributed by atoms with Gasteiger partial charge in [0, 0.05) is 12.6 Å². The van der Waals surface area contributed by atoms with E-state index in [1.54, 1.807) is 0 Å². The average molecular weight is 466 g/mol. The normalized spacial score (nSPS) is 19.6. The van der Waals surface area contributed by atoms with Gasteiger partial charge in [0.1, 0.15) is 0 Å². The fourth-order valence-electron chi connectivity index (χ4n) is 4.64. The monoisotopic (exact) mass is 465 g/mol. The number of nitrogens with zero attached hydrogens (tertiary/aromatic N) is 1. The van der Waals surface area contributed by atoms with E-state index >= 15 is 0 Å². The van der Waals surface area contributed by atoms with Crippen LogP contribution in [0.3, 0.4) is 0 Å². The van der Waals surface area contributed by atoms with Gasteiger partial charge < -0.3 is 9.53 Å². The summed E-state index contributed by atoms with van der Waals surface area (Å²) in [6.45, 7) is 15.6. The first-order valence-electron chi connectivity index (χ1n) is 12.5. The Morgan fingerprint density at radius 3 is 2.12 bits per heavy atom. The SMILES string of the molecule is CC(C)C(C)(C)[Si](C)(C)OC[C@H](c1ccccc1)N1CC=CC[C@H]1C[C@H](O)c1ccccc1. The Kier molecular flexibility index (Phi) is 8.74. The molecule has 0 saturated heterocycles. The molecule has 1 N–H and O–H groups in total. The molecule has 3 nitrogen and oxygen atoms in total. The first-order valence-corrected chi connectivity index (χ1v) is 15.4. The molecule has 33 heavy (non-hydrogen) atoms. The lowest BCUT2D eigenvalue weighted by Crippen LogP contribution is -2.48. The van der Waals surface area contributed by atoms with Crippen LogP contribution in [0.1, 0.15) is 63.8 Å². The summed E-state index contributed by atoms with van der Waals surface area (Å²) in [6, 6.07) is 21.2. The lowest BCUT2D eigenvalue weighted by Gasteiger charge is -2.45. The Bertz CT molecular complexity index is 879. The fraction of sp³-hybridized carbons (Fsp3) is 0.517. The highest BCUT2D eigenvalue weighted by Crippen LogP contribution is 2.45. The summed E-state index contributed by atoms with van der Waals surface area (Å²) in [7, 11) is -1.95. The molecule has 2 aromatic carbocycles. The summed E-state index contributed by atoms with van der Waals surface area (Å²) in [5.41, 5.74) is 2.28. The zero-order valence-electron chi connectivity index (χ0n) is 21.4. The third-order valence-corrected chi connectivity index (χ3v) is 12.8. The van der Waals surface area contributed by atoms with Gasteiger partial charge in [0.05, 0.1) is 18.8 Å². The van der Waals surface area contributed by atoms with Gasteiger partial charge in [-0.2, -0.15) is 0 Å². The van der Waals surface area contributed by atoms with E-state index in [4.69, 9.17) is 4.43 Å². The molecule has 0 radical (unpaired) electrons. The Labute approximate surface area is 202 Å². The number of aliphatic hydroxyl groups excluding tert-OH is 1. The Morgan fingerprint density at radius 2 is 1.55 bits per heavy atom. The van der Waals surface area contributed by atoms with Crippen LogP contribution in [0.5, 0.6) is 0 Å². The molecule has 0 aromatic heterocycles. The number of hydrogen-bond donors (Lipinski definition) is 1. The maximum Gasteiger partial charge on any atom is 0.192 e. The van der Waals surface area contributed by atoms with Crippen LogP contribution in [0.2, 0.25) is 18.1 Å². The third-order valence-electron chi connectivity index (χ3n) is 8.22. The van der Waals surface area contributed by atoms with Gasteiger partial charge in [-0.15, -0.1) is 0 Å². The highest BCUT2D eigenvalue weighted by molar-refractivity contribution is 6.74. The van der Waals surface area contributed by atoms with E-state index in [-0.39, 0.29) is 17.1 Å². The van der Waals surface area contributed by atoms with Crippen LogP contribution < -0.4 is 0 Å².